The molecular weight excluding hydrogens is 333 g/mol. The molecule has 3 atom stereocenters. The highest BCUT2D eigenvalue weighted by Gasteiger charge is 2.38. The van der Waals surface area contributed by atoms with Crippen molar-refractivity contribution in [3.05, 3.63) is 43.0 Å². The number of ether oxygens (including phenoxy) is 2. The second-order valence-corrected chi connectivity index (χ2v) is 6.49. The molecule has 12 nitrogen and oxygen atoms in total. The van der Waals surface area contributed by atoms with E-state index < -0.39 is 43.8 Å². The minimum absolute atomic E-state index is 0.0429. The van der Waals surface area contributed by atoms with Crippen LogP contribution >= 0.6 is 7.60 Å². The zero-order chi connectivity index (χ0) is 17.2. The fourth-order valence-corrected chi connectivity index (χ4v) is 2.43. The predicted molar refractivity (Wildman–Crippen MR) is 75.5 cm³/mol. The largest absolute Gasteiger partial charge is 0.351 e. The zero-order valence-corrected chi connectivity index (χ0v) is 12.8. The van der Waals surface area contributed by atoms with Crippen molar-refractivity contribution in [2.24, 2.45) is 5.11 Å². The Hall–Kier alpha value is -1.94. The molecule has 3 N–H and O–H groups in total. The van der Waals surface area contributed by atoms with Gasteiger partial charge in [-0.1, -0.05) is 5.11 Å². The van der Waals surface area contributed by atoms with E-state index in [0.29, 0.717) is 0 Å². The molecule has 0 spiro atoms. The van der Waals surface area contributed by atoms with Crippen LogP contribution < -0.4 is 11.2 Å². The molecule has 0 unspecified atom stereocenters. The molecule has 0 bridgehead atoms. The summed E-state index contributed by atoms with van der Waals surface area (Å²) >= 11 is 0. The first-order chi connectivity index (χ1) is 10.7. The van der Waals surface area contributed by atoms with Gasteiger partial charge >= 0.3 is 13.3 Å². The van der Waals surface area contributed by atoms with Gasteiger partial charge in [0.05, 0.1) is 6.04 Å². The average Bonchev–Trinajstić information content (AvgIpc) is 2.83. The summed E-state index contributed by atoms with van der Waals surface area (Å²) in [7, 11) is -4.43. The first-order valence-electron chi connectivity index (χ1n) is 6.39. The molecule has 126 valence electrons. The summed E-state index contributed by atoms with van der Waals surface area (Å²) in [5.41, 5.74) is 7.56. The first kappa shape index (κ1) is 17.4. The molecular formula is C10H14N5O7P. The highest BCUT2D eigenvalue weighted by Crippen LogP contribution is 2.37. The third kappa shape index (κ3) is 4.29. The van der Waals surface area contributed by atoms with E-state index in [1.165, 1.54) is 13.1 Å². The SMILES string of the molecule is Cc1cn([C@H]2C[C@H](N=[N+]=[N-])[C@@H](OCP(=O)(O)O)O2)c(=O)[nH]c1=O. The minimum Gasteiger partial charge on any atom is -0.339 e. The number of H-pyrrole nitrogens is 1. The summed E-state index contributed by atoms with van der Waals surface area (Å²) in [6.07, 6.45) is -1.72. The maximum Gasteiger partial charge on any atom is 0.351 e. The maximum absolute atomic E-state index is 11.8. The molecule has 0 aromatic carbocycles. The molecule has 0 radical (unpaired) electrons. The van der Waals surface area contributed by atoms with Crippen molar-refractivity contribution in [2.45, 2.75) is 31.9 Å². The fourth-order valence-electron chi connectivity index (χ4n) is 2.09. The van der Waals surface area contributed by atoms with Gasteiger partial charge in [-0.05, 0) is 12.5 Å². The van der Waals surface area contributed by atoms with Crippen molar-refractivity contribution in [2.75, 3.05) is 6.35 Å². The molecule has 0 amide bonds. The van der Waals surface area contributed by atoms with Crippen LogP contribution in [0.3, 0.4) is 0 Å². The van der Waals surface area contributed by atoms with E-state index in [2.05, 4.69) is 15.0 Å². The second kappa shape index (κ2) is 6.67. The van der Waals surface area contributed by atoms with Crippen LogP contribution in [0.1, 0.15) is 18.2 Å². The van der Waals surface area contributed by atoms with E-state index in [1.54, 1.807) is 0 Å². The Morgan fingerprint density at radius 1 is 1.61 bits per heavy atom. The standard InChI is InChI=1S/C10H14N5O7P/c1-5-3-15(10(17)12-8(5)16)7-2-6(13-14-11)9(22-7)21-4-23(18,19)20/h3,6-7,9H,2,4H2,1H3,(H,12,16,17)(H2,18,19,20)/t6-,7+,9-/m0/s1. The van der Waals surface area contributed by atoms with Gasteiger partial charge in [0.2, 0.25) is 0 Å². The lowest BCUT2D eigenvalue weighted by molar-refractivity contribution is -0.146. The Labute approximate surface area is 128 Å². The number of aromatic amines is 1. The smallest absolute Gasteiger partial charge is 0.339 e. The molecule has 23 heavy (non-hydrogen) atoms. The van der Waals surface area contributed by atoms with Crippen molar-refractivity contribution >= 4 is 7.60 Å². The van der Waals surface area contributed by atoms with Gasteiger partial charge in [-0.2, -0.15) is 0 Å². The van der Waals surface area contributed by atoms with Gasteiger partial charge in [0.15, 0.2) is 12.6 Å². The van der Waals surface area contributed by atoms with Crippen molar-refractivity contribution in [3.63, 3.8) is 0 Å². The Morgan fingerprint density at radius 2 is 2.30 bits per heavy atom. The third-order valence-electron chi connectivity index (χ3n) is 3.11. The molecule has 1 aliphatic rings. The summed E-state index contributed by atoms with van der Waals surface area (Å²) in [6.45, 7) is 1.50. The lowest BCUT2D eigenvalue weighted by Gasteiger charge is -2.17. The van der Waals surface area contributed by atoms with Gasteiger partial charge in [0.1, 0.15) is 6.23 Å². The molecule has 1 saturated heterocycles. The second-order valence-electron chi connectivity index (χ2n) is 4.91. The number of hydrogen-bond donors (Lipinski definition) is 3. The Morgan fingerprint density at radius 3 is 2.91 bits per heavy atom. The topological polar surface area (TPSA) is 180 Å². The van der Waals surface area contributed by atoms with Crippen LogP contribution in [0.5, 0.6) is 0 Å². The van der Waals surface area contributed by atoms with E-state index in [1.807, 2.05) is 0 Å². The quantitative estimate of drug-likeness (QED) is 0.288. The van der Waals surface area contributed by atoms with E-state index in [-0.39, 0.29) is 12.0 Å². The molecule has 0 saturated carbocycles. The Balaban J connectivity index is 2.24. The minimum atomic E-state index is -4.43. The summed E-state index contributed by atoms with van der Waals surface area (Å²) in [5.74, 6) is 0. The van der Waals surface area contributed by atoms with Crippen molar-refractivity contribution < 1.29 is 23.8 Å². The first-order valence-corrected chi connectivity index (χ1v) is 8.19. The van der Waals surface area contributed by atoms with Gasteiger partial charge in [0.25, 0.3) is 5.56 Å². The van der Waals surface area contributed by atoms with Crippen LogP contribution in [0.4, 0.5) is 0 Å². The maximum atomic E-state index is 11.8. The number of aromatic nitrogens is 2. The molecule has 1 fully saturated rings. The number of nitrogens with zero attached hydrogens (tertiary/aromatic N) is 4. The van der Waals surface area contributed by atoms with Crippen LogP contribution in [0.2, 0.25) is 0 Å². The summed E-state index contributed by atoms with van der Waals surface area (Å²) < 4.78 is 22.3. The van der Waals surface area contributed by atoms with E-state index in [4.69, 9.17) is 24.8 Å². The number of hydrogen-bond acceptors (Lipinski definition) is 6. The molecule has 13 heteroatoms. The highest BCUT2D eigenvalue weighted by atomic mass is 31.2. The van der Waals surface area contributed by atoms with E-state index in [0.717, 1.165) is 4.57 Å². The summed E-state index contributed by atoms with van der Waals surface area (Å²) in [5, 5.41) is 3.44. The van der Waals surface area contributed by atoms with Crippen LogP contribution in [0.25, 0.3) is 10.4 Å². The fraction of sp³-hybridized carbons (Fsp3) is 0.600. The van der Waals surface area contributed by atoms with Gasteiger partial charge in [-0.3, -0.25) is 18.9 Å². The predicted octanol–water partition coefficient (Wildman–Crippen LogP) is -0.0793. The molecule has 1 aliphatic heterocycles. The van der Waals surface area contributed by atoms with Crippen LogP contribution in [-0.4, -0.2) is 38.0 Å². The van der Waals surface area contributed by atoms with Gasteiger partial charge in [0, 0.05) is 23.1 Å². The Kier molecular flexibility index (Phi) is 5.05. The number of aryl methyl sites for hydroxylation is 1. The highest BCUT2D eigenvalue weighted by molar-refractivity contribution is 7.51. The van der Waals surface area contributed by atoms with Crippen LogP contribution in [0, 0.1) is 6.92 Å². The number of rotatable bonds is 5. The Bertz CT molecular complexity index is 792. The van der Waals surface area contributed by atoms with Gasteiger partial charge < -0.3 is 19.3 Å². The number of azide groups is 1. The van der Waals surface area contributed by atoms with E-state index >= 15 is 0 Å². The lowest BCUT2D eigenvalue weighted by Crippen LogP contribution is -2.33. The average molecular weight is 347 g/mol. The van der Waals surface area contributed by atoms with Crippen molar-refractivity contribution in [1.29, 1.82) is 0 Å². The zero-order valence-electron chi connectivity index (χ0n) is 11.9. The summed E-state index contributed by atoms with van der Waals surface area (Å²) in [4.78, 5) is 45.6. The third-order valence-corrected chi connectivity index (χ3v) is 3.60. The number of nitrogens with one attached hydrogen (secondary N) is 1. The monoisotopic (exact) mass is 347 g/mol. The van der Waals surface area contributed by atoms with Crippen molar-refractivity contribution in [1.82, 2.24) is 9.55 Å². The van der Waals surface area contributed by atoms with Gasteiger partial charge in [-0.25, -0.2) is 4.79 Å². The lowest BCUT2D eigenvalue weighted by atomic mass is 10.2. The molecule has 1 aromatic rings. The van der Waals surface area contributed by atoms with Gasteiger partial charge in [-0.15, -0.1) is 0 Å². The molecule has 2 heterocycles. The molecule has 0 aliphatic carbocycles. The normalized spacial score (nSPS) is 24.4. The molecule has 2 rings (SSSR count). The summed E-state index contributed by atoms with van der Waals surface area (Å²) in [6, 6.07) is -0.879. The van der Waals surface area contributed by atoms with Crippen LogP contribution in [0.15, 0.2) is 20.9 Å². The van der Waals surface area contributed by atoms with E-state index in [9.17, 15) is 14.2 Å². The van der Waals surface area contributed by atoms with Crippen LogP contribution in [-0.2, 0) is 14.0 Å². The molecule has 1 aromatic heterocycles. The van der Waals surface area contributed by atoms with Crippen molar-refractivity contribution in [3.8, 4) is 0 Å².